The van der Waals surface area contributed by atoms with Crippen LogP contribution in [0.5, 0.6) is 0 Å². The first-order valence-electron chi connectivity index (χ1n) is 5.72. The van der Waals surface area contributed by atoms with Crippen molar-refractivity contribution >= 4 is 33.2 Å². The average Bonchev–Trinajstić information content (AvgIpc) is 2.76. The normalized spacial score (nSPS) is 14.1. The van der Waals surface area contributed by atoms with Crippen LogP contribution in [0.2, 0.25) is 0 Å². The Morgan fingerprint density at radius 3 is 2.63 bits per heavy atom. The van der Waals surface area contributed by atoms with Crippen molar-refractivity contribution in [3.8, 4) is 0 Å². The van der Waals surface area contributed by atoms with Gasteiger partial charge in [-0.2, -0.15) is 0 Å². The van der Waals surface area contributed by atoms with E-state index in [1.165, 1.54) is 23.5 Å². The van der Waals surface area contributed by atoms with Crippen LogP contribution in [0.3, 0.4) is 0 Å². The van der Waals surface area contributed by atoms with E-state index in [0.29, 0.717) is 5.56 Å². The third kappa shape index (κ3) is 3.22. The molecule has 0 aliphatic heterocycles. The number of carbonyl (C=O) groups is 1. The molecular weight excluding hydrogens is 331 g/mol. The number of hydrogen-bond acceptors (Lipinski definition) is 2. The monoisotopic (exact) mass is 342 g/mol. The lowest BCUT2D eigenvalue weighted by atomic mass is 9.86. The van der Waals surface area contributed by atoms with Crippen molar-refractivity contribution in [2.45, 2.75) is 12.8 Å². The van der Waals surface area contributed by atoms with Gasteiger partial charge in [-0.1, -0.05) is 19.1 Å². The highest BCUT2D eigenvalue weighted by molar-refractivity contribution is 9.11. The van der Waals surface area contributed by atoms with Gasteiger partial charge in [0.15, 0.2) is 0 Å². The molecule has 2 aromatic rings. The summed E-state index contributed by atoms with van der Waals surface area (Å²) >= 11 is 4.84. The second-order valence-electron chi connectivity index (χ2n) is 4.30. The van der Waals surface area contributed by atoms with Gasteiger partial charge in [0, 0.05) is 10.8 Å². The predicted octanol–water partition coefficient (Wildman–Crippen LogP) is 4.50. The van der Waals surface area contributed by atoms with E-state index in [2.05, 4.69) is 15.9 Å². The topological polar surface area (TPSA) is 37.3 Å². The highest BCUT2D eigenvalue weighted by Gasteiger charge is 2.28. The number of thiophene rings is 1. The largest absolute Gasteiger partial charge is 0.481 e. The number of aliphatic carboxylic acids is 1. The summed E-state index contributed by atoms with van der Waals surface area (Å²) in [6.45, 7) is 1.64. The van der Waals surface area contributed by atoms with Gasteiger partial charge in [-0.3, -0.25) is 4.79 Å². The first-order chi connectivity index (χ1) is 8.99. The molecule has 0 aliphatic carbocycles. The minimum Gasteiger partial charge on any atom is -0.481 e. The summed E-state index contributed by atoms with van der Waals surface area (Å²) in [5.41, 5.74) is 0.684. The zero-order valence-electron chi connectivity index (χ0n) is 10.1. The predicted molar refractivity (Wildman–Crippen MR) is 77.1 cm³/mol. The molecule has 2 atom stereocenters. The van der Waals surface area contributed by atoms with Crippen LogP contribution < -0.4 is 0 Å². The van der Waals surface area contributed by atoms with Crippen LogP contribution in [-0.2, 0) is 4.79 Å². The van der Waals surface area contributed by atoms with Gasteiger partial charge in [0.1, 0.15) is 5.82 Å². The Kier molecular flexibility index (Phi) is 4.37. The van der Waals surface area contributed by atoms with Crippen LogP contribution >= 0.6 is 27.3 Å². The highest BCUT2D eigenvalue weighted by Crippen LogP contribution is 2.38. The molecule has 5 heteroatoms. The Hall–Kier alpha value is -1.20. The first kappa shape index (κ1) is 14.2. The summed E-state index contributed by atoms with van der Waals surface area (Å²) < 4.78 is 14.3. The van der Waals surface area contributed by atoms with Crippen molar-refractivity contribution in [2.24, 2.45) is 5.92 Å². The zero-order chi connectivity index (χ0) is 14.0. The molecule has 0 saturated carbocycles. The van der Waals surface area contributed by atoms with Gasteiger partial charge < -0.3 is 5.11 Å². The van der Waals surface area contributed by atoms with Crippen LogP contribution in [0, 0.1) is 11.7 Å². The van der Waals surface area contributed by atoms with Gasteiger partial charge in [0.25, 0.3) is 0 Å². The highest BCUT2D eigenvalue weighted by atomic mass is 79.9. The summed E-state index contributed by atoms with van der Waals surface area (Å²) in [6.07, 6.45) is 0. The summed E-state index contributed by atoms with van der Waals surface area (Å²) in [6, 6.07) is 9.88. The number of halogens is 2. The third-order valence-corrected chi connectivity index (χ3v) is 4.70. The molecule has 1 aromatic heterocycles. The van der Waals surface area contributed by atoms with Gasteiger partial charge in [0.2, 0.25) is 0 Å². The molecular formula is C14H12BrFO2S. The molecule has 2 nitrogen and oxygen atoms in total. The molecule has 0 amide bonds. The van der Waals surface area contributed by atoms with Crippen LogP contribution in [0.15, 0.2) is 40.2 Å². The second-order valence-corrected chi connectivity index (χ2v) is 6.80. The Morgan fingerprint density at radius 1 is 1.37 bits per heavy atom. The Labute approximate surface area is 123 Å². The first-order valence-corrected chi connectivity index (χ1v) is 7.33. The van der Waals surface area contributed by atoms with Gasteiger partial charge >= 0.3 is 5.97 Å². The van der Waals surface area contributed by atoms with Gasteiger partial charge in [-0.25, -0.2) is 4.39 Å². The molecule has 0 aliphatic rings. The van der Waals surface area contributed by atoms with Crippen LogP contribution in [0.25, 0.3) is 0 Å². The standard InChI is InChI=1S/C14H12BrFO2S/c1-8(14(17)18)13(11-5-6-12(15)19-11)9-3-2-4-10(16)7-9/h2-8,13H,1H3,(H,17,18)/t8-,13+/m0/s1. The van der Waals surface area contributed by atoms with E-state index in [-0.39, 0.29) is 11.7 Å². The second kappa shape index (κ2) is 5.84. The van der Waals surface area contributed by atoms with E-state index in [4.69, 9.17) is 0 Å². The lowest BCUT2D eigenvalue weighted by Gasteiger charge is -2.20. The fraction of sp³-hybridized carbons (Fsp3) is 0.214. The van der Waals surface area contributed by atoms with E-state index < -0.39 is 11.9 Å². The van der Waals surface area contributed by atoms with Gasteiger partial charge in [0.05, 0.1) is 9.70 Å². The molecule has 0 radical (unpaired) electrons. The molecule has 0 spiro atoms. The van der Waals surface area contributed by atoms with Crippen molar-refractivity contribution in [1.29, 1.82) is 0 Å². The van der Waals surface area contributed by atoms with Crippen molar-refractivity contribution in [1.82, 2.24) is 0 Å². The maximum atomic E-state index is 13.4. The molecule has 1 aromatic carbocycles. The molecule has 1 N–H and O–H groups in total. The van der Waals surface area contributed by atoms with Crippen molar-refractivity contribution in [3.63, 3.8) is 0 Å². The maximum absolute atomic E-state index is 13.4. The zero-order valence-corrected chi connectivity index (χ0v) is 12.5. The summed E-state index contributed by atoms with van der Waals surface area (Å²) in [5.74, 6) is -2.20. The molecule has 19 heavy (non-hydrogen) atoms. The molecule has 0 fully saturated rings. The van der Waals surface area contributed by atoms with Crippen molar-refractivity contribution in [2.75, 3.05) is 0 Å². The number of benzene rings is 1. The lowest BCUT2D eigenvalue weighted by Crippen LogP contribution is -2.19. The molecule has 1 heterocycles. The number of carboxylic acid groups (broad SMARTS) is 1. The average molecular weight is 343 g/mol. The smallest absolute Gasteiger partial charge is 0.307 e. The number of carboxylic acids is 1. The van der Waals surface area contributed by atoms with E-state index in [1.807, 2.05) is 12.1 Å². The van der Waals surface area contributed by atoms with Crippen LogP contribution in [-0.4, -0.2) is 11.1 Å². The van der Waals surface area contributed by atoms with Crippen molar-refractivity contribution in [3.05, 3.63) is 56.4 Å². The Balaban J connectivity index is 2.48. The van der Waals surface area contributed by atoms with Crippen LogP contribution in [0.1, 0.15) is 23.3 Å². The van der Waals surface area contributed by atoms with E-state index in [1.54, 1.807) is 19.1 Å². The minimum atomic E-state index is -0.890. The summed E-state index contributed by atoms with van der Waals surface area (Å²) in [4.78, 5) is 12.2. The Morgan fingerprint density at radius 2 is 2.11 bits per heavy atom. The minimum absolute atomic E-state index is 0.343. The molecule has 0 bridgehead atoms. The third-order valence-electron chi connectivity index (χ3n) is 3.00. The fourth-order valence-corrected chi connectivity index (χ4v) is 3.69. The van der Waals surface area contributed by atoms with E-state index in [0.717, 1.165) is 8.66 Å². The quantitative estimate of drug-likeness (QED) is 0.887. The van der Waals surface area contributed by atoms with Gasteiger partial charge in [-0.05, 0) is 45.8 Å². The molecule has 2 rings (SSSR count). The SMILES string of the molecule is C[C@H](C(=O)O)[C@H](c1cccc(F)c1)c1ccc(Br)s1. The summed E-state index contributed by atoms with van der Waals surface area (Å²) in [7, 11) is 0. The lowest BCUT2D eigenvalue weighted by molar-refractivity contribution is -0.141. The molecule has 100 valence electrons. The van der Waals surface area contributed by atoms with Gasteiger partial charge in [-0.15, -0.1) is 11.3 Å². The molecule has 0 unspecified atom stereocenters. The molecule has 0 saturated heterocycles. The van der Waals surface area contributed by atoms with Crippen LogP contribution in [0.4, 0.5) is 4.39 Å². The number of rotatable bonds is 4. The summed E-state index contributed by atoms with van der Waals surface area (Å²) in [5, 5.41) is 9.25. The number of hydrogen-bond donors (Lipinski definition) is 1. The fourth-order valence-electron chi connectivity index (χ4n) is 2.04. The van der Waals surface area contributed by atoms with E-state index >= 15 is 0 Å². The maximum Gasteiger partial charge on any atom is 0.307 e. The Bertz CT molecular complexity index is 597. The van der Waals surface area contributed by atoms with E-state index in [9.17, 15) is 14.3 Å². The van der Waals surface area contributed by atoms with Crippen molar-refractivity contribution < 1.29 is 14.3 Å².